The lowest BCUT2D eigenvalue weighted by Crippen LogP contribution is -2.17. The van der Waals surface area contributed by atoms with E-state index in [4.69, 9.17) is 11.6 Å². The summed E-state index contributed by atoms with van der Waals surface area (Å²) in [6.45, 7) is 1.93. The number of carbonyl (C=O) groups is 1. The van der Waals surface area contributed by atoms with Crippen LogP contribution in [0.3, 0.4) is 0 Å². The monoisotopic (exact) mass is 479 g/mol. The van der Waals surface area contributed by atoms with Crippen molar-refractivity contribution in [2.24, 2.45) is 0 Å². The van der Waals surface area contributed by atoms with E-state index < -0.39 is 0 Å². The van der Waals surface area contributed by atoms with E-state index in [-0.39, 0.29) is 5.91 Å². The van der Waals surface area contributed by atoms with Crippen molar-refractivity contribution in [2.75, 3.05) is 17.7 Å². The molecule has 1 aliphatic carbocycles. The van der Waals surface area contributed by atoms with Gasteiger partial charge in [-0.2, -0.15) is 10.1 Å². The van der Waals surface area contributed by atoms with Gasteiger partial charge in [0.2, 0.25) is 5.95 Å². The molecule has 0 bridgehead atoms. The molecule has 3 heterocycles. The Morgan fingerprint density at radius 1 is 1.18 bits per heavy atom. The maximum atomic E-state index is 12.2. The molecule has 0 radical (unpaired) electrons. The number of aromatic amines is 1. The summed E-state index contributed by atoms with van der Waals surface area (Å²) < 4.78 is 0. The molecule has 33 heavy (non-hydrogen) atoms. The standard InChI is InChI=1S/C23H22ClN7OS/c1-12-11-33-20(22(32)25-2)19(12)29-21-17(24)10-26-23(30-21)28-14-7-6-13-4-3-5-18-16(9-27-31-18)15(13)8-14/h6-11H,3-5H2,1-2H3,(H,25,32)(H,27,31)(H2,26,28,29,30). The Morgan fingerprint density at radius 3 is 2.91 bits per heavy atom. The highest BCUT2D eigenvalue weighted by atomic mass is 35.5. The Hall–Kier alpha value is -3.43. The van der Waals surface area contributed by atoms with Crippen molar-refractivity contribution >= 4 is 52.0 Å². The number of nitrogens with one attached hydrogen (secondary N) is 4. The predicted octanol–water partition coefficient (Wildman–Crippen LogP) is 5.23. The smallest absolute Gasteiger partial charge is 0.263 e. The molecule has 4 N–H and O–H groups in total. The normalized spacial score (nSPS) is 12.5. The summed E-state index contributed by atoms with van der Waals surface area (Å²) in [5.74, 6) is 0.660. The lowest BCUT2D eigenvalue weighted by molar-refractivity contribution is 0.0968. The fraction of sp³-hybridized carbons (Fsp3) is 0.217. The van der Waals surface area contributed by atoms with Gasteiger partial charge in [-0.1, -0.05) is 17.7 Å². The zero-order valence-corrected chi connectivity index (χ0v) is 19.7. The molecule has 8 nitrogen and oxygen atoms in total. The van der Waals surface area contributed by atoms with Crippen LogP contribution < -0.4 is 16.0 Å². The molecule has 3 aromatic heterocycles. The first-order valence-electron chi connectivity index (χ1n) is 10.6. The van der Waals surface area contributed by atoms with Gasteiger partial charge >= 0.3 is 0 Å². The van der Waals surface area contributed by atoms with Crippen LogP contribution in [0.2, 0.25) is 5.02 Å². The van der Waals surface area contributed by atoms with Crippen molar-refractivity contribution in [1.82, 2.24) is 25.5 Å². The van der Waals surface area contributed by atoms with Crippen LogP contribution in [0, 0.1) is 6.92 Å². The van der Waals surface area contributed by atoms with Crippen LogP contribution in [-0.2, 0) is 12.8 Å². The lowest BCUT2D eigenvalue weighted by atomic mass is 10.00. The average molecular weight is 480 g/mol. The summed E-state index contributed by atoms with van der Waals surface area (Å²) in [5.41, 5.74) is 7.26. The highest BCUT2D eigenvalue weighted by molar-refractivity contribution is 7.12. The van der Waals surface area contributed by atoms with Crippen molar-refractivity contribution in [3.63, 3.8) is 0 Å². The van der Waals surface area contributed by atoms with Crippen LogP contribution in [0.25, 0.3) is 11.1 Å². The fourth-order valence-corrected chi connectivity index (χ4v) is 5.05. The summed E-state index contributed by atoms with van der Waals surface area (Å²) in [6, 6.07) is 6.27. The Kier molecular flexibility index (Phi) is 5.74. The van der Waals surface area contributed by atoms with Gasteiger partial charge in [-0.05, 0) is 60.4 Å². The molecule has 0 saturated heterocycles. The molecule has 0 unspecified atom stereocenters. The molecular weight excluding hydrogens is 458 g/mol. The van der Waals surface area contributed by atoms with Gasteiger partial charge in [0.05, 0.1) is 18.1 Å². The van der Waals surface area contributed by atoms with Gasteiger partial charge in [-0.15, -0.1) is 11.3 Å². The van der Waals surface area contributed by atoms with Gasteiger partial charge in [-0.3, -0.25) is 9.89 Å². The number of hydrogen-bond acceptors (Lipinski definition) is 7. The molecule has 1 aliphatic rings. The third kappa shape index (κ3) is 4.17. The number of anilines is 4. The van der Waals surface area contributed by atoms with E-state index in [1.165, 1.54) is 23.1 Å². The topological polar surface area (TPSA) is 108 Å². The molecule has 0 aliphatic heterocycles. The molecule has 5 rings (SSSR count). The van der Waals surface area contributed by atoms with Gasteiger partial charge in [0.25, 0.3) is 5.91 Å². The summed E-state index contributed by atoms with van der Waals surface area (Å²) >= 11 is 7.73. The summed E-state index contributed by atoms with van der Waals surface area (Å²) in [5, 5.41) is 18.8. The minimum absolute atomic E-state index is 0.164. The fourth-order valence-electron chi connectivity index (χ4n) is 3.96. The summed E-state index contributed by atoms with van der Waals surface area (Å²) in [4.78, 5) is 21.7. The number of rotatable bonds is 5. The second-order valence-electron chi connectivity index (χ2n) is 7.83. The molecule has 0 atom stereocenters. The zero-order valence-electron chi connectivity index (χ0n) is 18.1. The van der Waals surface area contributed by atoms with Crippen LogP contribution in [0.5, 0.6) is 0 Å². The number of thiophene rings is 1. The highest BCUT2D eigenvalue weighted by Gasteiger charge is 2.19. The van der Waals surface area contributed by atoms with Crippen molar-refractivity contribution in [3.8, 4) is 11.1 Å². The average Bonchev–Trinajstić information content (AvgIpc) is 3.39. The maximum absolute atomic E-state index is 12.2. The molecular formula is C23H22ClN7OS. The molecule has 0 fully saturated rings. The first kappa shape index (κ1) is 21.4. The van der Waals surface area contributed by atoms with Gasteiger partial charge < -0.3 is 16.0 Å². The number of aromatic nitrogens is 4. The number of benzene rings is 1. The maximum Gasteiger partial charge on any atom is 0.263 e. The van der Waals surface area contributed by atoms with Gasteiger partial charge in [0, 0.05) is 24.0 Å². The summed E-state index contributed by atoms with van der Waals surface area (Å²) in [6.07, 6.45) is 6.53. The van der Waals surface area contributed by atoms with Crippen molar-refractivity contribution < 1.29 is 4.79 Å². The van der Waals surface area contributed by atoms with Crippen LogP contribution in [0.4, 0.5) is 23.1 Å². The Bertz CT molecular complexity index is 1350. The van der Waals surface area contributed by atoms with E-state index in [1.54, 1.807) is 7.05 Å². The quantitative estimate of drug-likeness (QED) is 0.312. The molecule has 10 heteroatoms. The van der Waals surface area contributed by atoms with Crippen LogP contribution in [-0.4, -0.2) is 33.1 Å². The van der Waals surface area contributed by atoms with E-state index in [2.05, 4.69) is 48.2 Å². The van der Waals surface area contributed by atoms with E-state index in [0.717, 1.165) is 47.3 Å². The Balaban J connectivity index is 1.44. The van der Waals surface area contributed by atoms with Gasteiger partial charge in [0.15, 0.2) is 5.82 Å². The number of H-pyrrole nitrogens is 1. The number of halogens is 1. The van der Waals surface area contributed by atoms with E-state index >= 15 is 0 Å². The predicted molar refractivity (Wildman–Crippen MR) is 132 cm³/mol. The SMILES string of the molecule is CNC(=O)c1scc(C)c1Nc1nc(Nc2ccc3c(c2)-c2cn[nH]c2CCC3)ncc1Cl. The molecule has 1 aromatic carbocycles. The molecule has 0 saturated carbocycles. The Morgan fingerprint density at radius 2 is 2.06 bits per heavy atom. The number of nitrogens with zero attached hydrogens (tertiary/aromatic N) is 3. The third-order valence-corrected chi connectivity index (χ3v) is 7.02. The summed E-state index contributed by atoms with van der Waals surface area (Å²) in [7, 11) is 1.61. The Labute approximate surface area is 199 Å². The van der Waals surface area contributed by atoms with Crippen LogP contribution in [0.15, 0.2) is 36.0 Å². The second kappa shape index (κ2) is 8.84. The van der Waals surface area contributed by atoms with Crippen LogP contribution >= 0.6 is 22.9 Å². The second-order valence-corrected chi connectivity index (χ2v) is 9.12. The first-order valence-corrected chi connectivity index (χ1v) is 11.8. The number of carbonyl (C=O) groups excluding carboxylic acids is 1. The van der Waals surface area contributed by atoms with Crippen molar-refractivity contribution in [1.29, 1.82) is 0 Å². The molecule has 168 valence electrons. The van der Waals surface area contributed by atoms with Crippen molar-refractivity contribution in [2.45, 2.75) is 26.2 Å². The number of amides is 1. The lowest BCUT2D eigenvalue weighted by Gasteiger charge is -2.13. The minimum Gasteiger partial charge on any atom is -0.354 e. The molecule has 0 spiro atoms. The molecule has 1 amide bonds. The highest BCUT2D eigenvalue weighted by Crippen LogP contribution is 2.35. The van der Waals surface area contributed by atoms with E-state index in [1.807, 2.05) is 24.6 Å². The first-order chi connectivity index (χ1) is 16.0. The third-order valence-electron chi connectivity index (χ3n) is 5.64. The number of hydrogen-bond donors (Lipinski definition) is 4. The minimum atomic E-state index is -0.164. The van der Waals surface area contributed by atoms with E-state index in [0.29, 0.717) is 27.4 Å². The molecule has 4 aromatic rings. The van der Waals surface area contributed by atoms with Gasteiger partial charge in [0.1, 0.15) is 9.90 Å². The van der Waals surface area contributed by atoms with Crippen molar-refractivity contribution in [3.05, 3.63) is 62.7 Å². The number of aryl methyl sites for hydroxylation is 3. The van der Waals surface area contributed by atoms with Gasteiger partial charge in [-0.25, -0.2) is 4.98 Å². The van der Waals surface area contributed by atoms with E-state index in [9.17, 15) is 4.79 Å². The number of fused-ring (bicyclic) bond motifs is 3. The van der Waals surface area contributed by atoms with Crippen LogP contribution in [0.1, 0.15) is 32.9 Å². The zero-order chi connectivity index (χ0) is 22.9. The largest absolute Gasteiger partial charge is 0.354 e.